The number of anilines is 1. The average molecular weight is 405 g/mol. The molecular weight excluding hydrogens is 367 g/mol. The number of rotatable bonds is 8. The molecule has 3 rings (SSSR count). The number of benzene rings is 1. The first-order valence-electron chi connectivity index (χ1n) is 11.2. The lowest BCUT2D eigenvalue weighted by atomic mass is 9.95. The zero-order valence-electron chi connectivity index (χ0n) is 18.1. The van der Waals surface area contributed by atoms with Crippen LogP contribution < -0.4 is 15.5 Å². The van der Waals surface area contributed by atoms with E-state index >= 15 is 0 Å². The fraction of sp³-hybridized carbons (Fsp3) is 0.696. The van der Waals surface area contributed by atoms with Crippen molar-refractivity contribution in [3.05, 3.63) is 29.6 Å². The van der Waals surface area contributed by atoms with E-state index < -0.39 is 0 Å². The molecule has 0 bridgehead atoms. The van der Waals surface area contributed by atoms with Gasteiger partial charge in [0.15, 0.2) is 0 Å². The molecular formula is C23H37FN4O. The molecule has 1 heterocycles. The lowest BCUT2D eigenvalue weighted by Crippen LogP contribution is -2.39. The van der Waals surface area contributed by atoms with Crippen LogP contribution in [0.25, 0.3) is 0 Å². The molecule has 2 N–H and O–H groups in total. The Bertz CT molecular complexity index is 652. The largest absolute Gasteiger partial charge is 0.369 e. The summed E-state index contributed by atoms with van der Waals surface area (Å²) in [7, 11) is 4.17. The summed E-state index contributed by atoms with van der Waals surface area (Å²) in [6, 6.07) is 5.19. The monoisotopic (exact) mass is 404 g/mol. The molecule has 6 heteroatoms. The number of hydrogen-bond donors (Lipinski definition) is 2. The zero-order valence-corrected chi connectivity index (χ0v) is 18.1. The van der Waals surface area contributed by atoms with E-state index in [0.717, 1.165) is 58.4 Å². The fourth-order valence-electron chi connectivity index (χ4n) is 4.41. The van der Waals surface area contributed by atoms with Gasteiger partial charge in [0.1, 0.15) is 5.82 Å². The molecule has 2 aliphatic rings. The van der Waals surface area contributed by atoms with E-state index in [0.29, 0.717) is 17.2 Å². The number of amides is 1. The third kappa shape index (κ3) is 6.68. The van der Waals surface area contributed by atoms with Gasteiger partial charge in [-0.15, -0.1) is 0 Å². The molecule has 2 fully saturated rings. The van der Waals surface area contributed by atoms with Crippen molar-refractivity contribution in [2.24, 2.45) is 5.92 Å². The molecule has 1 aliphatic heterocycles. The summed E-state index contributed by atoms with van der Waals surface area (Å²) in [5.74, 6) is 0.214. The van der Waals surface area contributed by atoms with Gasteiger partial charge in [0.2, 0.25) is 0 Å². The summed E-state index contributed by atoms with van der Waals surface area (Å²) in [5.41, 5.74) is 1.05. The smallest absolute Gasteiger partial charge is 0.251 e. The highest BCUT2D eigenvalue weighted by Crippen LogP contribution is 2.26. The molecule has 1 saturated heterocycles. The van der Waals surface area contributed by atoms with Crippen molar-refractivity contribution < 1.29 is 9.18 Å². The Morgan fingerprint density at radius 2 is 1.86 bits per heavy atom. The van der Waals surface area contributed by atoms with Crippen molar-refractivity contribution in [3.8, 4) is 0 Å². The number of nitrogens with one attached hydrogen (secondary N) is 2. The molecule has 162 valence electrons. The van der Waals surface area contributed by atoms with E-state index in [4.69, 9.17) is 0 Å². The van der Waals surface area contributed by atoms with E-state index in [2.05, 4.69) is 34.5 Å². The first-order valence-corrected chi connectivity index (χ1v) is 11.2. The van der Waals surface area contributed by atoms with Crippen LogP contribution in [0, 0.1) is 11.7 Å². The minimum Gasteiger partial charge on any atom is -0.369 e. The van der Waals surface area contributed by atoms with Crippen molar-refractivity contribution >= 4 is 11.6 Å². The highest BCUT2D eigenvalue weighted by atomic mass is 19.1. The summed E-state index contributed by atoms with van der Waals surface area (Å²) in [6.45, 7) is 4.82. The molecule has 1 aromatic carbocycles. The Hall–Kier alpha value is -1.66. The summed E-state index contributed by atoms with van der Waals surface area (Å²) in [5, 5.41) is 6.60. The lowest BCUT2D eigenvalue weighted by Gasteiger charge is -2.34. The SMILES string of the molecule is CN(C)CCNCC1CCN(c2ccc(C(=O)NC3CCCCC3)cc2F)CC1. The van der Waals surface area contributed by atoms with Crippen LogP contribution in [0.1, 0.15) is 55.3 Å². The Morgan fingerprint density at radius 1 is 1.14 bits per heavy atom. The lowest BCUT2D eigenvalue weighted by molar-refractivity contribution is 0.0927. The van der Waals surface area contributed by atoms with Crippen LogP contribution in [-0.2, 0) is 0 Å². The van der Waals surface area contributed by atoms with E-state index in [-0.39, 0.29) is 17.8 Å². The van der Waals surface area contributed by atoms with Crippen molar-refractivity contribution in [1.82, 2.24) is 15.5 Å². The second-order valence-corrected chi connectivity index (χ2v) is 8.91. The van der Waals surface area contributed by atoms with Gasteiger partial charge >= 0.3 is 0 Å². The van der Waals surface area contributed by atoms with Gasteiger partial charge in [-0.3, -0.25) is 4.79 Å². The van der Waals surface area contributed by atoms with Crippen LogP contribution in [-0.4, -0.2) is 63.7 Å². The molecule has 1 aliphatic carbocycles. The zero-order chi connectivity index (χ0) is 20.6. The van der Waals surface area contributed by atoms with Gasteiger partial charge in [-0.05, 0) is 70.4 Å². The molecule has 1 aromatic rings. The van der Waals surface area contributed by atoms with Crippen molar-refractivity contribution in [1.29, 1.82) is 0 Å². The van der Waals surface area contributed by atoms with Gasteiger partial charge in [-0.2, -0.15) is 0 Å². The fourth-order valence-corrected chi connectivity index (χ4v) is 4.41. The first kappa shape index (κ1) is 22.0. The van der Waals surface area contributed by atoms with E-state index in [1.54, 1.807) is 12.1 Å². The second-order valence-electron chi connectivity index (χ2n) is 8.91. The van der Waals surface area contributed by atoms with Crippen LogP contribution in [0.4, 0.5) is 10.1 Å². The predicted octanol–water partition coefficient (Wildman–Crippen LogP) is 3.26. The number of halogens is 1. The number of carbonyl (C=O) groups excluding carboxylic acids is 1. The van der Waals surface area contributed by atoms with Gasteiger partial charge in [0.25, 0.3) is 5.91 Å². The van der Waals surface area contributed by atoms with Crippen molar-refractivity contribution in [2.75, 3.05) is 51.7 Å². The molecule has 0 aromatic heterocycles. The number of piperidine rings is 1. The van der Waals surface area contributed by atoms with Gasteiger partial charge in [0.05, 0.1) is 5.69 Å². The summed E-state index contributed by atoms with van der Waals surface area (Å²) in [4.78, 5) is 16.8. The number of likely N-dealkylation sites (N-methyl/N-ethyl adjacent to an activating group) is 1. The van der Waals surface area contributed by atoms with Gasteiger partial charge < -0.3 is 20.4 Å². The number of carbonyl (C=O) groups is 1. The molecule has 29 heavy (non-hydrogen) atoms. The molecule has 0 spiro atoms. The van der Waals surface area contributed by atoms with Crippen LogP contribution in [0.2, 0.25) is 0 Å². The minimum atomic E-state index is -0.288. The van der Waals surface area contributed by atoms with E-state index in [1.165, 1.54) is 25.3 Å². The quantitative estimate of drug-likeness (QED) is 0.653. The summed E-state index contributed by atoms with van der Waals surface area (Å²) >= 11 is 0. The third-order valence-electron chi connectivity index (χ3n) is 6.27. The van der Waals surface area contributed by atoms with Gasteiger partial charge in [-0.1, -0.05) is 19.3 Å². The first-order chi connectivity index (χ1) is 14.0. The maximum absolute atomic E-state index is 14.8. The van der Waals surface area contributed by atoms with Crippen LogP contribution in [0.3, 0.4) is 0 Å². The normalized spacial score (nSPS) is 19.0. The second kappa shape index (κ2) is 10.9. The Labute approximate surface area is 175 Å². The molecule has 0 atom stereocenters. The average Bonchev–Trinajstić information content (AvgIpc) is 2.72. The van der Waals surface area contributed by atoms with Gasteiger partial charge in [-0.25, -0.2) is 4.39 Å². The van der Waals surface area contributed by atoms with Crippen LogP contribution in [0.5, 0.6) is 0 Å². The maximum Gasteiger partial charge on any atom is 0.251 e. The van der Waals surface area contributed by atoms with Crippen LogP contribution >= 0.6 is 0 Å². The number of nitrogens with zero attached hydrogens (tertiary/aromatic N) is 2. The standard InChI is InChI=1S/C23H37FN4O/c1-27(2)15-12-25-17-18-10-13-28(14-11-18)22-9-8-19(16-21(22)24)23(29)26-20-6-4-3-5-7-20/h8-9,16,18,20,25H,3-7,10-15,17H2,1-2H3,(H,26,29). The third-order valence-corrected chi connectivity index (χ3v) is 6.27. The minimum absolute atomic E-state index is 0.148. The predicted molar refractivity (Wildman–Crippen MR) is 117 cm³/mol. The number of hydrogen-bond acceptors (Lipinski definition) is 4. The molecule has 5 nitrogen and oxygen atoms in total. The highest BCUT2D eigenvalue weighted by Gasteiger charge is 2.22. The topological polar surface area (TPSA) is 47.6 Å². The molecule has 1 amide bonds. The summed E-state index contributed by atoms with van der Waals surface area (Å²) < 4.78 is 14.8. The summed E-state index contributed by atoms with van der Waals surface area (Å²) in [6.07, 6.45) is 7.78. The van der Waals surface area contributed by atoms with E-state index in [1.807, 2.05) is 0 Å². The van der Waals surface area contributed by atoms with Crippen LogP contribution in [0.15, 0.2) is 18.2 Å². The van der Waals surface area contributed by atoms with Crippen molar-refractivity contribution in [2.45, 2.75) is 51.0 Å². The molecule has 0 unspecified atom stereocenters. The molecule has 1 saturated carbocycles. The highest BCUT2D eigenvalue weighted by molar-refractivity contribution is 5.94. The Morgan fingerprint density at radius 3 is 2.52 bits per heavy atom. The van der Waals surface area contributed by atoms with Crippen molar-refractivity contribution in [3.63, 3.8) is 0 Å². The Kier molecular flexibility index (Phi) is 8.30. The van der Waals surface area contributed by atoms with E-state index in [9.17, 15) is 9.18 Å². The Balaban J connectivity index is 1.47. The van der Waals surface area contributed by atoms with Gasteiger partial charge in [0, 0.05) is 37.8 Å². The molecule has 0 radical (unpaired) electrons. The maximum atomic E-state index is 14.8.